The summed E-state index contributed by atoms with van der Waals surface area (Å²) in [5.74, 6) is 0.0117. The van der Waals surface area contributed by atoms with Gasteiger partial charge in [-0.15, -0.1) is 0 Å². The Morgan fingerprint density at radius 3 is 2.28 bits per heavy atom. The van der Waals surface area contributed by atoms with Crippen LogP contribution in [0.5, 0.6) is 5.75 Å². The van der Waals surface area contributed by atoms with Crippen molar-refractivity contribution in [3.8, 4) is 5.75 Å². The van der Waals surface area contributed by atoms with Crippen LogP contribution < -0.4 is 20.3 Å². The number of hydrogen-bond acceptors (Lipinski definition) is 6. The SMILES string of the molecule is COc1c(Cl)cc(C(=O)NC(=S)Nc2ccc(N3CCN(C(=O)c4ccco4)CC3)c(Cl)c2)cc1Cl. The zero-order valence-electron chi connectivity index (χ0n) is 19.0. The number of benzene rings is 2. The minimum atomic E-state index is -0.483. The third kappa shape index (κ3) is 5.87. The van der Waals surface area contributed by atoms with Gasteiger partial charge in [0.15, 0.2) is 16.6 Å². The first-order valence-corrected chi connectivity index (χ1v) is 12.3. The maximum Gasteiger partial charge on any atom is 0.289 e. The molecule has 2 N–H and O–H groups in total. The molecule has 8 nitrogen and oxygen atoms in total. The van der Waals surface area contributed by atoms with Crippen molar-refractivity contribution in [2.45, 2.75) is 0 Å². The van der Waals surface area contributed by atoms with E-state index in [2.05, 4.69) is 15.5 Å². The van der Waals surface area contributed by atoms with Gasteiger partial charge < -0.3 is 24.3 Å². The summed E-state index contributed by atoms with van der Waals surface area (Å²) in [4.78, 5) is 28.9. The van der Waals surface area contributed by atoms with Gasteiger partial charge in [0.2, 0.25) is 0 Å². The van der Waals surface area contributed by atoms with Crippen LogP contribution in [-0.4, -0.2) is 55.1 Å². The van der Waals surface area contributed by atoms with Crippen LogP contribution in [0.2, 0.25) is 15.1 Å². The first-order chi connectivity index (χ1) is 17.3. The number of carbonyl (C=O) groups is 2. The molecule has 0 aliphatic carbocycles. The highest BCUT2D eigenvalue weighted by molar-refractivity contribution is 7.80. The number of halogens is 3. The lowest BCUT2D eigenvalue weighted by Gasteiger charge is -2.36. The van der Waals surface area contributed by atoms with E-state index >= 15 is 0 Å². The predicted molar refractivity (Wildman–Crippen MR) is 145 cm³/mol. The van der Waals surface area contributed by atoms with Gasteiger partial charge in [-0.1, -0.05) is 34.8 Å². The molecule has 0 atom stereocenters. The van der Waals surface area contributed by atoms with E-state index in [0.717, 1.165) is 5.69 Å². The van der Waals surface area contributed by atoms with Crippen LogP contribution in [0.1, 0.15) is 20.9 Å². The van der Waals surface area contributed by atoms with Gasteiger partial charge in [0, 0.05) is 37.4 Å². The number of nitrogens with one attached hydrogen (secondary N) is 2. The Kier molecular flexibility index (Phi) is 8.25. The molecule has 0 radical (unpaired) electrons. The van der Waals surface area contributed by atoms with Crippen molar-refractivity contribution in [2.75, 3.05) is 43.5 Å². The molecule has 1 aromatic heterocycles. The van der Waals surface area contributed by atoms with Crippen molar-refractivity contribution in [1.82, 2.24) is 10.2 Å². The van der Waals surface area contributed by atoms with Gasteiger partial charge in [0.1, 0.15) is 0 Å². The van der Waals surface area contributed by atoms with E-state index in [1.54, 1.807) is 29.2 Å². The Morgan fingerprint density at radius 1 is 1.00 bits per heavy atom. The average Bonchev–Trinajstić information content (AvgIpc) is 3.38. The summed E-state index contributed by atoms with van der Waals surface area (Å²) >= 11 is 24.0. The van der Waals surface area contributed by atoms with Crippen LogP contribution in [0.15, 0.2) is 53.1 Å². The van der Waals surface area contributed by atoms with Crippen molar-refractivity contribution in [3.63, 3.8) is 0 Å². The number of nitrogens with zero attached hydrogens (tertiary/aromatic N) is 2. The van der Waals surface area contributed by atoms with Crippen LogP contribution in [0.25, 0.3) is 0 Å². The van der Waals surface area contributed by atoms with E-state index in [9.17, 15) is 9.59 Å². The maximum absolute atomic E-state index is 12.6. The molecule has 1 saturated heterocycles. The fourth-order valence-corrected chi connectivity index (χ4v) is 4.92. The highest BCUT2D eigenvalue weighted by atomic mass is 35.5. The zero-order chi connectivity index (χ0) is 25.8. The fourth-order valence-electron chi connectivity index (χ4n) is 3.77. The van der Waals surface area contributed by atoms with Crippen molar-refractivity contribution >= 4 is 75.3 Å². The van der Waals surface area contributed by atoms with Crippen molar-refractivity contribution < 1.29 is 18.7 Å². The van der Waals surface area contributed by atoms with Crippen LogP contribution in [0, 0.1) is 0 Å². The largest absolute Gasteiger partial charge is 0.494 e. The topological polar surface area (TPSA) is 87.0 Å². The molecular weight excluding hydrogens is 547 g/mol. The second-order valence-electron chi connectivity index (χ2n) is 7.80. The Bertz CT molecular complexity index is 1270. The van der Waals surface area contributed by atoms with Crippen LogP contribution in [0.3, 0.4) is 0 Å². The molecule has 0 bridgehead atoms. The van der Waals surface area contributed by atoms with Crippen LogP contribution in [-0.2, 0) is 0 Å². The van der Waals surface area contributed by atoms with Crippen molar-refractivity contribution in [2.24, 2.45) is 0 Å². The molecule has 3 aromatic rings. The zero-order valence-corrected chi connectivity index (χ0v) is 22.1. The third-order valence-electron chi connectivity index (χ3n) is 5.54. The maximum atomic E-state index is 12.6. The van der Waals surface area contributed by atoms with E-state index in [1.165, 1.54) is 25.5 Å². The van der Waals surface area contributed by atoms with Crippen molar-refractivity contribution in [1.29, 1.82) is 0 Å². The summed E-state index contributed by atoms with van der Waals surface area (Å²) in [6, 6.07) is 11.6. The quantitative estimate of drug-likeness (QED) is 0.403. The minimum absolute atomic E-state index is 0.0805. The monoisotopic (exact) mass is 566 g/mol. The summed E-state index contributed by atoms with van der Waals surface area (Å²) in [5.41, 5.74) is 1.67. The number of anilines is 2. The number of rotatable bonds is 5. The standard InChI is InChI=1S/C24H21Cl3N4O4S/c1-34-21-17(26)11-14(12-18(21)27)22(32)29-24(36)28-15-4-5-19(16(25)13-15)30-6-8-31(9-7-30)23(33)20-3-2-10-35-20/h2-5,10-13H,6-9H2,1H3,(H2,28,29,32,36). The predicted octanol–water partition coefficient (Wildman–Crippen LogP) is 5.34. The highest BCUT2D eigenvalue weighted by Gasteiger charge is 2.25. The van der Waals surface area contributed by atoms with Gasteiger partial charge in [0.05, 0.1) is 34.1 Å². The van der Waals surface area contributed by atoms with E-state index in [-0.39, 0.29) is 32.4 Å². The number of hydrogen-bond donors (Lipinski definition) is 2. The highest BCUT2D eigenvalue weighted by Crippen LogP contribution is 2.34. The van der Waals surface area contributed by atoms with Gasteiger partial charge in [-0.25, -0.2) is 0 Å². The summed E-state index contributed by atoms with van der Waals surface area (Å²) in [6.07, 6.45) is 1.49. The lowest BCUT2D eigenvalue weighted by Crippen LogP contribution is -2.48. The van der Waals surface area contributed by atoms with Crippen LogP contribution >= 0.6 is 47.0 Å². The third-order valence-corrected chi connectivity index (χ3v) is 6.61. The molecule has 0 saturated carbocycles. The Hall–Kier alpha value is -2.98. The molecular formula is C24H21Cl3N4O4S. The molecule has 12 heteroatoms. The molecule has 0 unspecified atom stereocenters. The van der Waals surface area contributed by atoms with E-state index < -0.39 is 5.91 Å². The van der Waals surface area contributed by atoms with E-state index in [4.69, 9.17) is 56.2 Å². The second kappa shape index (κ2) is 11.4. The van der Waals surface area contributed by atoms with Gasteiger partial charge in [-0.05, 0) is 54.7 Å². The number of furan rings is 1. The van der Waals surface area contributed by atoms with Gasteiger partial charge >= 0.3 is 0 Å². The van der Waals surface area contributed by atoms with E-state index in [1.807, 2.05) is 6.07 Å². The second-order valence-corrected chi connectivity index (χ2v) is 9.43. The lowest BCUT2D eigenvalue weighted by atomic mass is 10.2. The molecule has 1 aliphatic rings. The summed E-state index contributed by atoms with van der Waals surface area (Å²) < 4.78 is 10.3. The number of ether oxygens (including phenoxy) is 1. The molecule has 0 spiro atoms. The number of amides is 2. The Balaban J connectivity index is 1.34. The molecule has 2 aromatic carbocycles. The fraction of sp³-hybridized carbons (Fsp3) is 0.208. The van der Waals surface area contributed by atoms with Gasteiger partial charge in [-0.2, -0.15) is 0 Å². The molecule has 2 heterocycles. The lowest BCUT2D eigenvalue weighted by molar-refractivity contribution is 0.0714. The van der Waals surface area contributed by atoms with Crippen LogP contribution in [0.4, 0.5) is 11.4 Å². The number of methoxy groups -OCH3 is 1. The first-order valence-electron chi connectivity index (χ1n) is 10.8. The van der Waals surface area contributed by atoms with E-state index in [0.29, 0.717) is 42.6 Å². The minimum Gasteiger partial charge on any atom is -0.494 e. The summed E-state index contributed by atoms with van der Waals surface area (Å²) in [6.45, 7) is 2.34. The van der Waals surface area contributed by atoms with Gasteiger partial charge in [-0.3, -0.25) is 14.9 Å². The Labute approximate surface area is 228 Å². The first kappa shape index (κ1) is 26.1. The van der Waals surface area contributed by atoms with Gasteiger partial charge in [0.25, 0.3) is 11.8 Å². The number of piperazine rings is 1. The number of carbonyl (C=O) groups excluding carboxylic acids is 2. The molecule has 1 aliphatic heterocycles. The average molecular weight is 568 g/mol. The molecule has 4 rings (SSSR count). The normalized spacial score (nSPS) is 13.3. The summed E-state index contributed by atoms with van der Waals surface area (Å²) in [5, 5.41) is 6.54. The Morgan fingerprint density at radius 2 is 1.69 bits per heavy atom. The molecule has 1 fully saturated rings. The van der Waals surface area contributed by atoms with Crippen molar-refractivity contribution in [3.05, 3.63) is 75.1 Å². The summed E-state index contributed by atoms with van der Waals surface area (Å²) in [7, 11) is 1.44. The number of thiocarbonyl (C=S) groups is 1. The molecule has 2 amide bonds. The smallest absolute Gasteiger partial charge is 0.289 e. The molecule has 188 valence electrons. The molecule has 36 heavy (non-hydrogen) atoms.